The first-order valence-corrected chi connectivity index (χ1v) is 7.96. The van der Waals surface area contributed by atoms with Gasteiger partial charge in [-0.2, -0.15) is 0 Å². The van der Waals surface area contributed by atoms with Gasteiger partial charge in [0.15, 0.2) is 0 Å². The summed E-state index contributed by atoms with van der Waals surface area (Å²) in [7, 11) is 0. The number of rotatable bonds is 4. The van der Waals surface area contributed by atoms with Crippen molar-refractivity contribution in [1.29, 1.82) is 0 Å². The van der Waals surface area contributed by atoms with Gasteiger partial charge in [-0.3, -0.25) is 4.79 Å². The maximum absolute atomic E-state index is 13.5. The smallest absolute Gasteiger partial charge is 0.221 e. The average molecular weight is 333 g/mol. The molecule has 0 heterocycles. The zero-order chi connectivity index (χ0) is 16.4. The van der Waals surface area contributed by atoms with Crippen LogP contribution >= 0.6 is 11.6 Å². The normalized spacial score (nSPS) is 16.2. The summed E-state index contributed by atoms with van der Waals surface area (Å²) in [5, 5.41) is 6.48. The van der Waals surface area contributed by atoms with E-state index in [1.54, 1.807) is 0 Å². The maximum Gasteiger partial charge on any atom is 0.221 e. The molecule has 23 heavy (non-hydrogen) atoms. The van der Waals surface area contributed by atoms with Gasteiger partial charge in [0, 0.05) is 25.2 Å². The molecule has 2 aromatic carbocycles. The largest absolute Gasteiger partial charge is 0.326 e. The molecule has 0 aliphatic heterocycles. The van der Waals surface area contributed by atoms with E-state index in [0.717, 1.165) is 41.8 Å². The highest BCUT2D eigenvalue weighted by Crippen LogP contribution is 2.31. The van der Waals surface area contributed by atoms with Crippen LogP contribution in [0.25, 0.3) is 0 Å². The molecule has 0 aromatic heterocycles. The van der Waals surface area contributed by atoms with Crippen molar-refractivity contribution in [2.24, 2.45) is 0 Å². The van der Waals surface area contributed by atoms with Gasteiger partial charge in [-0.1, -0.05) is 29.8 Å². The highest BCUT2D eigenvalue weighted by Gasteiger charge is 2.24. The molecule has 1 unspecified atom stereocenters. The summed E-state index contributed by atoms with van der Waals surface area (Å²) in [5.41, 5.74) is 3.96. The fraction of sp³-hybridized carbons (Fsp3) is 0.278. The van der Waals surface area contributed by atoms with Crippen LogP contribution in [-0.4, -0.2) is 11.9 Å². The van der Waals surface area contributed by atoms with Crippen molar-refractivity contribution in [1.82, 2.24) is 5.32 Å². The number of anilines is 1. The molecule has 5 heteroatoms. The van der Waals surface area contributed by atoms with Crippen LogP contribution in [0.1, 0.15) is 23.6 Å². The lowest BCUT2D eigenvalue weighted by molar-refractivity contribution is -0.114. The van der Waals surface area contributed by atoms with Gasteiger partial charge >= 0.3 is 0 Å². The van der Waals surface area contributed by atoms with E-state index >= 15 is 0 Å². The van der Waals surface area contributed by atoms with E-state index in [-0.39, 0.29) is 22.8 Å². The lowest BCUT2D eigenvalue weighted by Gasteiger charge is -2.12. The fourth-order valence-corrected chi connectivity index (χ4v) is 3.21. The summed E-state index contributed by atoms with van der Waals surface area (Å²) in [6.45, 7) is 2.21. The molecule has 0 fully saturated rings. The van der Waals surface area contributed by atoms with E-state index in [1.807, 2.05) is 30.3 Å². The zero-order valence-electron chi connectivity index (χ0n) is 12.8. The molecule has 0 saturated carbocycles. The van der Waals surface area contributed by atoms with Gasteiger partial charge in [0.1, 0.15) is 5.82 Å². The Kier molecular flexibility index (Phi) is 4.64. The van der Waals surface area contributed by atoms with Gasteiger partial charge in [-0.25, -0.2) is 4.39 Å². The molecule has 0 saturated heterocycles. The Morgan fingerprint density at radius 2 is 1.96 bits per heavy atom. The van der Waals surface area contributed by atoms with E-state index in [4.69, 9.17) is 11.6 Å². The number of benzene rings is 2. The van der Waals surface area contributed by atoms with Crippen LogP contribution in [0.5, 0.6) is 0 Å². The number of fused-ring (bicyclic) bond motifs is 1. The van der Waals surface area contributed by atoms with Gasteiger partial charge in [0.2, 0.25) is 5.91 Å². The van der Waals surface area contributed by atoms with Crippen LogP contribution in [0.3, 0.4) is 0 Å². The molecular formula is C18H18ClFN2O. The van der Waals surface area contributed by atoms with E-state index in [0.29, 0.717) is 0 Å². The third-order valence-corrected chi connectivity index (χ3v) is 4.49. The van der Waals surface area contributed by atoms with Gasteiger partial charge in [-0.15, -0.1) is 0 Å². The summed E-state index contributed by atoms with van der Waals surface area (Å²) in [6, 6.07) is 11.2. The lowest BCUT2D eigenvalue weighted by atomic mass is 10.1. The Morgan fingerprint density at radius 3 is 2.65 bits per heavy atom. The first-order chi connectivity index (χ1) is 11.0. The topological polar surface area (TPSA) is 41.1 Å². The predicted octanol–water partition coefficient (Wildman–Crippen LogP) is 3.69. The summed E-state index contributed by atoms with van der Waals surface area (Å²) < 4.78 is 13.5. The Morgan fingerprint density at radius 1 is 1.22 bits per heavy atom. The van der Waals surface area contributed by atoms with Crippen LogP contribution in [0.2, 0.25) is 5.02 Å². The minimum absolute atomic E-state index is 0.0799. The Balaban J connectivity index is 1.58. The number of amides is 1. The minimum Gasteiger partial charge on any atom is -0.326 e. The molecular weight excluding hydrogens is 315 g/mol. The first kappa shape index (κ1) is 16.0. The first-order valence-electron chi connectivity index (χ1n) is 7.58. The van der Waals surface area contributed by atoms with Crippen LogP contribution in [-0.2, 0) is 24.2 Å². The second-order valence-electron chi connectivity index (χ2n) is 5.86. The average Bonchev–Trinajstić information content (AvgIpc) is 2.94. The Bertz CT molecular complexity index is 731. The number of halogens is 2. The van der Waals surface area contributed by atoms with Crippen LogP contribution in [0, 0.1) is 5.82 Å². The summed E-state index contributed by atoms with van der Waals surface area (Å²) in [5.74, 6) is -0.427. The number of nitrogens with one attached hydrogen (secondary N) is 2. The highest BCUT2D eigenvalue weighted by atomic mass is 35.5. The minimum atomic E-state index is -0.348. The van der Waals surface area contributed by atoms with Crippen molar-refractivity contribution in [3.8, 4) is 0 Å². The quantitative estimate of drug-likeness (QED) is 0.896. The summed E-state index contributed by atoms with van der Waals surface area (Å²) in [6.07, 6.45) is 1.61. The number of carbonyl (C=O) groups excluding carboxylic acids is 1. The molecule has 1 amide bonds. The van der Waals surface area contributed by atoms with Crippen LogP contribution < -0.4 is 10.6 Å². The Labute approximate surface area is 139 Å². The van der Waals surface area contributed by atoms with Gasteiger partial charge in [0.05, 0.1) is 5.02 Å². The number of hydrogen-bond donors (Lipinski definition) is 2. The molecule has 2 N–H and O–H groups in total. The molecule has 2 aromatic rings. The highest BCUT2D eigenvalue weighted by molar-refractivity contribution is 6.31. The molecule has 3 rings (SSSR count). The second-order valence-corrected chi connectivity index (χ2v) is 6.24. The molecule has 120 valence electrons. The standard InChI is InChI=1S/C18H18ClFN2O/c1-11(23)22-14-5-2-12(3-6-14)10-21-15-8-13-4-7-17(20)18(19)16(13)9-15/h2-7,15,21H,8-10H2,1H3,(H,22,23). The summed E-state index contributed by atoms with van der Waals surface area (Å²) in [4.78, 5) is 11.0. The van der Waals surface area contributed by atoms with Crippen molar-refractivity contribution in [2.75, 3.05) is 5.32 Å². The molecule has 0 radical (unpaired) electrons. The van der Waals surface area contributed by atoms with E-state index < -0.39 is 0 Å². The van der Waals surface area contributed by atoms with Crippen molar-refractivity contribution >= 4 is 23.2 Å². The van der Waals surface area contributed by atoms with E-state index in [1.165, 1.54) is 13.0 Å². The molecule has 1 aliphatic carbocycles. The van der Waals surface area contributed by atoms with Crippen LogP contribution in [0.15, 0.2) is 36.4 Å². The van der Waals surface area contributed by atoms with E-state index in [9.17, 15) is 9.18 Å². The van der Waals surface area contributed by atoms with Crippen molar-refractivity contribution in [2.45, 2.75) is 32.4 Å². The molecule has 0 spiro atoms. The predicted molar refractivity (Wildman–Crippen MR) is 90.2 cm³/mol. The molecule has 0 bridgehead atoms. The molecule has 1 aliphatic rings. The van der Waals surface area contributed by atoms with Gasteiger partial charge in [0.25, 0.3) is 0 Å². The number of hydrogen-bond acceptors (Lipinski definition) is 2. The Hall–Kier alpha value is -1.91. The lowest BCUT2D eigenvalue weighted by Crippen LogP contribution is -2.28. The van der Waals surface area contributed by atoms with Crippen molar-refractivity contribution < 1.29 is 9.18 Å². The van der Waals surface area contributed by atoms with Gasteiger partial charge < -0.3 is 10.6 Å². The molecule has 1 atom stereocenters. The van der Waals surface area contributed by atoms with E-state index in [2.05, 4.69) is 10.6 Å². The maximum atomic E-state index is 13.5. The number of carbonyl (C=O) groups is 1. The van der Waals surface area contributed by atoms with Crippen LogP contribution in [0.4, 0.5) is 10.1 Å². The third kappa shape index (κ3) is 3.71. The second kappa shape index (κ2) is 6.69. The van der Waals surface area contributed by atoms with Gasteiger partial charge in [-0.05, 0) is 47.7 Å². The SMILES string of the molecule is CC(=O)Nc1ccc(CNC2Cc3ccc(F)c(Cl)c3C2)cc1. The third-order valence-electron chi connectivity index (χ3n) is 4.08. The van der Waals surface area contributed by atoms with Crippen molar-refractivity contribution in [3.63, 3.8) is 0 Å². The molecule has 3 nitrogen and oxygen atoms in total. The summed E-state index contributed by atoms with van der Waals surface area (Å²) >= 11 is 6.04. The van der Waals surface area contributed by atoms with Crippen molar-refractivity contribution in [3.05, 3.63) is 63.9 Å². The fourth-order valence-electron chi connectivity index (χ4n) is 2.94. The monoisotopic (exact) mass is 332 g/mol. The zero-order valence-corrected chi connectivity index (χ0v) is 13.6.